The first-order valence-electron chi connectivity index (χ1n) is 9.35. The number of aryl methyl sites for hydroxylation is 2. The third kappa shape index (κ3) is 4.61. The van der Waals surface area contributed by atoms with E-state index in [1.807, 2.05) is 55.5 Å². The summed E-state index contributed by atoms with van der Waals surface area (Å²) in [7, 11) is 3.69. The minimum atomic E-state index is -0.326. The molecule has 2 atom stereocenters. The Balaban J connectivity index is 1.89. The molecule has 1 heterocycles. The summed E-state index contributed by atoms with van der Waals surface area (Å²) in [4.78, 5) is 15.8. The molecule has 0 saturated heterocycles. The fraction of sp³-hybridized carbons (Fsp3) is 0.261. The van der Waals surface area contributed by atoms with Crippen molar-refractivity contribution in [2.24, 2.45) is 0 Å². The van der Waals surface area contributed by atoms with Crippen LogP contribution in [0.25, 0.3) is 0 Å². The van der Waals surface area contributed by atoms with E-state index in [0.717, 1.165) is 22.6 Å². The van der Waals surface area contributed by atoms with Crippen molar-refractivity contribution in [1.29, 1.82) is 0 Å². The highest BCUT2D eigenvalue weighted by Gasteiger charge is 2.30. The Morgan fingerprint density at radius 1 is 1.14 bits per heavy atom. The summed E-state index contributed by atoms with van der Waals surface area (Å²) in [6.45, 7) is 4.91. The van der Waals surface area contributed by atoms with Gasteiger partial charge in [-0.2, -0.15) is 0 Å². The fourth-order valence-corrected chi connectivity index (χ4v) is 4.37. The van der Waals surface area contributed by atoms with Crippen molar-refractivity contribution in [2.45, 2.75) is 26.4 Å². The van der Waals surface area contributed by atoms with Gasteiger partial charge >= 0.3 is 0 Å². The number of hydrogen-bond donors (Lipinski definition) is 2. The summed E-state index contributed by atoms with van der Waals surface area (Å²) in [5.74, 6) is 0.624. The molecule has 0 aliphatic heterocycles. The molecule has 2 aromatic carbocycles. The molecule has 0 radical (unpaired) electrons. The first kappa shape index (κ1) is 20.1. The third-order valence-electron chi connectivity index (χ3n) is 4.91. The van der Waals surface area contributed by atoms with Crippen LogP contribution >= 0.6 is 11.3 Å². The lowest BCUT2D eigenvalue weighted by molar-refractivity contribution is -0.915. The van der Waals surface area contributed by atoms with E-state index in [4.69, 9.17) is 4.74 Å². The Labute approximate surface area is 170 Å². The van der Waals surface area contributed by atoms with E-state index in [2.05, 4.69) is 30.7 Å². The lowest BCUT2D eigenvalue weighted by Crippen LogP contribution is -3.09. The van der Waals surface area contributed by atoms with Crippen molar-refractivity contribution in [3.8, 4) is 5.75 Å². The molecule has 28 heavy (non-hydrogen) atoms. The van der Waals surface area contributed by atoms with Crippen molar-refractivity contribution in [2.75, 3.05) is 19.5 Å². The molecule has 0 spiro atoms. The maximum atomic E-state index is 13.4. The summed E-state index contributed by atoms with van der Waals surface area (Å²) in [6.07, 6.45) is 0. The average molecular weight is 396 g/mol. The van der Waals surface area contributed by atoms with E-state index in [1.165, 1.54) is 10.4 Å². The van der Waals surface area contributed by atoms with Crippen molar-refractivity contribution >= 4 is 22.9 Å². The standard InChI is InChI=1S/C23H26N2O2S/c1-16-10-11-20(27-4)19(14-16)24-23(26)22(18-8-6-5-7-9-18)25(3)15-21-17(2)12-13-28-21/h5-14,22H,15H2,1-4H3,(H,24,26)/p+1/t22-/m1/s1. The van der Waals surface area contributed by atoms with Gasteiger partial charge in [-0.25, -0.2) is 0 Å². The van der Waals surface area contributed by atoms with E-state index in [9.17, 15) is 4.79 Å². The Kier molecular flexibility index (Phi) is 6.49. The minimum Gasteiger partial charge on any atom is -0.495 e. The normalized spacial score (nSPS) is 13.0. The molecule has 0 aliphatic carbocycles. The van der Waals surface area contributed by atoms with Crippen LogP contribution in [0.4, 0.5) is 5.69 Å². The molecule has 5 heteroatoms. The van der Waals surface area contributed by atoms with Crippen LogP contribution in [0.1, 0.15) is 27.6 Å². The number of thiophene rings is 1. The van der Waals surface area contributed by atoms with Crippen LogP contribution in [0.5, 0.6) is 5.75 Å². The van der Waals surface area contributed by atoms with Crippen LogP contribution in [0.3, 0.4) is 0 Å². The van der Waals surface area contributed by atoms with Crippen LogP contribution in [0.15, 0.2) is 60.0 Å². The monoisotopic (exact) mass is 395 g/mol. The summed E-state index contributed by atoms with van der Waals surface area (Å²) >= 11 is 1.74. The number of quaternary nitrogens is 1. The number of rotatable bonds is 7. The molecule has 3 aromatic rings. The molecule has 4 nitrogen and oxygen atoms in total. The van der Waals surface area contributed by atoms with Crippen LogP contribution in [0.2, 0.25) is 0 Å². The molecule has 1 unspecified atom stereocenters. The second-order valence-electron chi connectivity index (χ2n) is 7.09. The smallest absolute Gasteiger partial charge is 0.287 e. The van der Waals surface area contributed by atoms with Crippen molar-refractivity contribution in [3.05, 3.63) is 81.5 Å². The van der Waals surface area contributed by atoms with Gasteiger partial charge in [0.25, 0.3) is 5.91 Å². The second-order valence-corrected chi connectivity index (χ2v) is 8.09. The molecular weight excluding hydrogens is 368 g/mol. The zero-order valence-corrected chi connectivity index (χ0v) is 17.6. The number of ether oxygens (including phenoxy) is 1. The maximum Gasteiger partial charge on any atom is 0.287 e. The van der Waals surface area contributed by atoms with Gasteiger partial charge in [-0.1, -0.05) is 36.4 Å². The number of amides is 1. The number of carbonyl (C=O) groups is 1. The number of anilines is 1. The molecule has 146 valence electrons. The highest BCUT2D eigenvalue weighted by Crippen LogP contribution is 2.26. The Hall–Kier alpha value is -2.63. The predicted molar refractivity (Wildman–Crippen MR) is 115 cm³/mol. The number of methoxy groups -OCH3 is 1. The highest BCUT2D eigenvalue weighted by molar-refractivity contribution is 7.10. The van der Waals surface area contributed by atoms with Crippen LogP contribution in [-0.2, 0) is 11.3 Å². The first-order valence-corrected chi connectivity index (χ1v) is 10.2. The topological polar surface area (TPSA) is 42.8 Å². The number of carbonyl (C=O) groups excluding carboxylic acids is 1. The van der Waals surface area contributed by atoms with Crippen molar-refractivity contribution in [1.82, 2.24) is 0 Å². The molecule has 0 aliphatic rings. The van der Waals surface area contributed by atoms with Crippen LogP contribution in [-0.4, -0.2) is 20.1 Å². The zero-order chi connectivity index (χ0) is 20.1. The average Bonchev–Trinajstić information content (AvgIpc) is 3.07. The summed E-state index contributed by atoms with van der Waals surface area (Å²) in [5, 5.41) is 5.20. The number of likely N-dealkylation sites (N-methyl/N-ethyl adjacent to an activating group) is 1. The van der Waals surface area contributed by atoms with Crippen LogP contribution in [0, 0.1) is 13.8 Å². The van der Waals surface area contributed by atoms with E-state index in [-0.39, 0.29) is 11.9 Å². The van der Waals surface area contributed by atoms with Gasteiger partial charge in [0.05, 0.1) is 24.7 Å². The summed E-state index contributed by atoms with van der Waals surface area (Å²) in [5.41, 5.74) is 4.05. The first-order chi connectivity index (χ1) is 13.5. The fourth-order valence-electron chi connectivity index (χ4n) is 3.37. The van der Waals surface area contributed by atoms with Gasteiger partial charge in [0.1, 0.15) is 12.3 Å². The Morgan fingerprint density at radius 3 is 2.54 bits per heavy atom. The van der Waals surface area contributed by atoms with E-state index >= 15 is 0 Å². The van der Waals surface area contributed by atoms with Crippen LogP contribution < -0.4 is 15.0 Å². The zero-order valence-electron chi connectivity index (χ0n) is 16.8. The number of hydrogen-bond acceptors (Lipinski definition) is 3. The molecule has 1 amide bonds. The molecule has 0 bridgehead atoms. The largest absolute Gasteiger partial charge is 0.495 e. The maximum absolute atomic E-state index is 13.4. The molecule has 0 fully saturated rings. The quantitative estimate of drug-likeness (QED) is 0.640. The summed E-state index contributed by atoms with van der Waals surface area (Å²) < 4.78 is 5.43. The lowest BCUT2D eigenvalue weighted by atomic mass is 10.0. The van der Waals surface area contributed by atoms with Gasteiger partial charge in [0.2, 0.25) is 0 Å². The molecule has 3 rings (SSSR count). The highest BCUT2D eigenvalue weighted by atomic mass is 32.1. The van der Waals surface area contributed by atoms with Gasteiger partial charge < -0.3 is 15.0 Å². The molecule has 0 saturated carbocycles. The summed E-state index contributed by atoms with van der Waals surface area (Å²) in [6, 6.07) is 17.6. The van der Waals surface area contributed by atoms with Gasteiger partial charge in [-0.3, -0.25) is 4.79 Å². The lowest BCUT2D eigenvalue weighted by Gasteiger charge is -2.25. The molecule has 2 N–H and O–H groups in total. The second kappa shape index (κ2) is 9.04. The van der Waals surface area contributed by atoms with Gasteiger partial charge in [0, 0.05) is 5.56 Å². The van der Waals surface area contributed by atoms with E-state index < -0.39 is 0 Å². The number of benzene rings is 2. The minimum absolute atomic E-state index is 0.0400. The Bertz CT molecular complexity index is 937. The van der Waals surface area contributed by atoms with Gasteiger partial charge in [-0.15, -0.1) is 11.3 Å². The molecular formula is C23H27N2O2S+. The Morgan fingerprint density at radius 2 is 1.89 bits per heavy atom. The van der Waals surface area contributed by atoms with Crippen molar-refractivity contribution < 1.29 is 14.4 Å². The van der Waals surface area contributed by atoms with E-state index in [0.29, 0.717) is 11.4 Å². The SMILES string of the molecule is COc1ccc(C)cc1NC(=O)[C@@H](c1ccccc1)[NH+](C)Cc1sccc1C. The number of nitrogens with one attached hydrogen (secondary N) is 2. The molecule has 1 aromatic heterocycles. The predicted octanol–water partition coefficient (Wildman–Crippen LogP) is 3.77. The van der Waals surface area contributed by atoms with Gasteiger partial charge in [-0.05, 0) is 48.6 Å². The third-order valence-corrected chi connectivity index (χ3v) is 5.93. The van der Waals surface area contributed by atoms with Gasteiger partial charge in [0.15, 0.2) is 6.04 Å². The van der Waals surface area contributed by atoms with E-state index in [1.54, 1.807) is 18.4 Å². The van der Waals surface area contributed by atoms with Crippen molar-refractivity contribution in [3.63, 3.8) is 0 Å².